The van der Waals surface area contributed by atoms with E-state index in [2.05, 4.69) is 4.74 Å². The summed E-state index contributed by atoms with van der Waals surface area (Å²) in [6, 6.07) is 7.29. The van der Waals surface area contributed by atoms with Crippen LogP contribution in [0.5, 0.6) is 0 Å². The van der Waals surface area contributed by atoms with Gasteiger partial charge in [-0.25, -0.2) is 0 Å². The van der Waals surface area contributed by atoms with Crippen molar-refractivity contribution in [2.45, 2.75) is 11.8 Å². The summed E-state index contributed by atoms with van der Waals surface area (Å²) in [5.41, 5.74) is 1.11. The number of ether oxygens (including phenoxy) is 1. The molecule has 1 rings (SSSR count). The van der Waals surface area contributed by atoms with Gasteiger partial charge in [-0.15, -0.1) is 0 Å². The first-order valence-corrected chi connectivity index (χ1v) is 5.02. The van der Waals surface area contributed by atoms with Crippen molar-refractivity contribution in [3.63, 3.8) is 0 Å². The summed E-state index contributed by atoms with van der Waals surface area (Å²) in [5.74, 6) is -0.0699. The average Bonchev–Trinajstić information content (AvgIpc) is 2.15. The summed E-state index contributed by atoms with van der Waals surface area (Å²) < 4.78 is 15.7. The second kappa shape index (κ2) is 4.63. The highest BCUT2D eigenvalue weighted by Crippen LogP contribution is 2.08. The van der Waals surface area contributed by atoms with Gasteiger partial charge in [0.15, 0.2) is 5.94 Å². The Morgan fingerprint density at radius 3 is 2.62 bits per heavy atom. The lowest BCUT2D eigenvalue weighted by atomic mass is 10.2. The summed E-state index contributed by atoms with van der Waals surface area (Å²) in [7, 11) is -1.24. The van der Waals surface area contributed by atoms with Gasteiger partial charge in [-0.3, -0.25) is 4.21 Å². The minimum absolute atomic E-state index is 0.0699. The Morgan fingerprint density at radius 1 is 1.46 bits per heavy atom. The minimum atomic E-state index is -1.24. The predicted molar refractivity (Wildman–Crippen MR) is 49.2 cm³/mol. The molecule has 0 fully saturated rings. The van der Waals surface area contributed by atoms with Crippen molar-refractivity contribution in [3.05, 3.63) is 29.8 Å². The molecule has 0 aromatic heterocycles. The van der Waals surface area contributed by atoms with Gasteiger partial charge in [0, 0.05) is 4.90 Å². The van der Waals surface area contributed by atoms with Crippen molar-refractivity contribution in [2.24, 2.45) is 0 Å². The van der Waals surface area contributed by atoms with Gasteiger partial charge in [0.1, 0.15) is 0 Å². The van der Waals surface area contributed by atoms with E-state index in [0.717, 1.165) is 5.56 Å². The summed E-state index contributed by atoms with van der Waals surface area (Å²) in [4.78, 5) is 0.681. The van der Waals surface area contributed by atoms with E-state index in [-0.39, 0.29) is 5.94 Å². The van der Waals surface area contributed by atoms with E-state index in [1.807, 2.05) is 19.1 Å². The Bertz CT molecular complexity index is 340. The Kier molecular flexibility index (Phi) is 3.47. The quantitative estimate of drug-likeness (QED) is 0.688. The number of hydrogen-bond donors (Lipinski definition) is 0. The smallest absolute Gasteiger partial charge is 0.287 e. The average molecular weight is 195 g/mol. The molecule has 0 amide bonds. The first-order valence-electron chi connectivity index (χ1n) is 3.70. The summed E-state index contributed by atoms with van der Waals surface area (Å²) >= 11 is 0. The summed E-state index contributed by atoms with van der Waals surface area (Å²) in [5, 5.41) is 8.10. The van der Waals surface area contributed by atoms with Gasteiger partial charge in [-0.05, 0) is 19.1 Å². The summed E-state index contributed by atoms with van der Waals surface area (Å²) in [6.45, 7) is 1.96. The maximum Gasteiger partial charge on any atom is 0.287 e. The molecule has 0 saturated heterocycles. The molecule has 0 spiro atoms. The van der Waals surface area contributed by atoms with E-state index >= 15 is 0 Å². The zero-order chi connectivity index (χ0) is 9.68. The van der Waals surface area contributed by atoms with E-state index in [0.29, 0.717) is 4.90 Å². The van der Waals surface area contributed by atoms with Gasteiger partial charge >= 0.3 is 0 Å². The standard InChI is InChI=1S/C9H9NO2S/c1-8-2-4-9(5-3-8)13(11)7-12-6-10/h2-5H,7H2,1H3. The monoisotopic (exact) mass is 195 g/mol. The molecule has 1 atom stereocenters. The molecular formula is C9H9NO2S. The highest BCUT2D eigenvalue weighted by atomic mass is 32.2. The minimum Gasteiger partial charge on any atom is -0.413 e. The fourth-order valence-electron chi connectivity index (χ4n) is 0.838. The first kappa shape index (κ1) is 9.75. The molecule has 0 heterocycles. The molecule has 0 aliphatic rings. The van der Waals surface area contributed by atoms with Crippen molar-refractivity contribution in [2.75, 3.05) is 5.94 Å². The number of nitrogens with zero attached hydrogens (tertiary/aromatic N) is 1. The third kappa shape index (κ3) is 2.88. The second-order valence-electron chi connectivity index (χ2n) is 2.51. The lowest BCUT2D eigenvalue weighted by Gasteiger charge is -1.99. The van der Waals surface area contributed by atoms with Crippen LogP contribution in [0, 0.1) is 18.4 Å². The molecule has 0 bridgehead atoms. The van der Waals surface area contributed by atoms with Crippen molar-refractivity contribution in [3.8, 4) is 6.26 Å². The van der Waals surface area contributed by atoms with Crippen LogP contribution >= 0.6 is 0 Å². The molecule has 1 aromatic rings. The Hall–Kier alpha value is -1.34. The fourth-order valence-corrected chi connectivity index (χ4v) is 1.57. The summed E-state index contributed by atoms with van der Waals surface area (Å²) in [6.07, 6.45) is 1.49. The van der Waals surface area contributed by atoms with E-state index in [4.69, 9.17) is 5.26 Å². The van der Waals surface area contributed by atoms with Gasteiger partial charge in [-0.2, -0.15) is 5.26 Å². The Labute approximate surface area is 79.4 Å². The van der Waals surface area contributed by atoms with E-state index in [1.165, 1.54) is 6.26 Å². The molecule has 13 heavy (non-hydrogen) atoms. The lowest BCUT2D eigenvalue weighted by molar-refractivity contribution is 0.335. The largest absolute Gasteiger partial charge is 0.413 e. The van der Waals surface area contributed by atoms with Gasteiger partial charge in [0.2, 0.25) is 0 Å². The van der Waals surface area contributed by atoms with Crippen LogP contribution in [0.25, 0.3) is 0 Å². The van der Waals surface area contributed by atoms with Crippen molar-refractivity contribution < 1.29 is 8.95 Å². The van der Waals surface area contributed by atoms with Crippen molar-refractivity contribution in [1.29, 1.82) is 5.26 Å². The predicted octanol–water partition coefficient (Wildman–Crippen LogP) is 1.56. The molecule has 0 aliphatic heterocycles. The molecule has 0 aliphatic carbocycles. The SMILES string of the molecule is Cc1ccc(S(=O)COC#N)cc1. The van der Waals surface area contributed by atoms with Crippen LogP contribution in [0.3, 0.4) is 0 Å². The maximum atomic E-state index is 11.3. The molecule has 1 aromatic carbocycles. The van der Waals surface area contributed by atoms with Crippen molar-refractivity contribution in [1.82, 2.24) is 0 Å². The van der Waals surface area contributed by atoms with Gasteiger partial charge in [0.05, 0.1) is 10.8 Å². The zero-order valence-corrected chi connectivity index (χ0v) is 8.00. The number of nitriles is 1. The van der Waals surface area contributed by atoms with Crippen LogP contribution in [0.2, 0.25) is 0 Å². The number of aryl methyl sites for hydroxylation is 1. The Morgan fingerprint density at radius 2 is 2.08 bits per heavy atom. The molecule has 1 unspecified atom stereocenters. The van der Waals surface area contributed by atoms with Crippen LogP contribution < -0.4 is 0 Å². The zero-order valence-electron chi connectivity index (χ0n) is 7.19. The van der Waals surface area contributed by atoms with Crippen LogP contribution in [0.15, 0.2) is 29.2 Å². The van der Waals surface area contributed by atoms with Crippen LogP contribution in [-0.2, 0) is 15.5 Å². The molecule has 0 saturated carbocycles. The van der Waals surface area contributed by atoms with Gasteiger partial charge in [-0.1, -0.05) is 17.7 Å². The van der Waals surface area contributed by atoms with Crippen molar-refractivity contribution >= 4 is 10.8 Å². The van der Waals surface area contributed by atoms with E-state index in [9.17, 15) is 4.21 Å². The Balaban J connectivity index is 2.68. The number of benzene rings is 1. The molecule has 0 N–H and O–H groups in total. The lowest BCUT2D eigenvalue weighted by Crippen LogP contribution is -1.99. The first-order chi connectivity index (χ1) is 6.24. The third-order valence-corrected chi connectivity index (χ3v) is 2.64. The normalized spacial score (nSPS) is 11.7. The molecule has 4 heteroatoms. The van der Waals surface area contributed by atoms with E-state index < -0.39 is 10.8 Å². The molecular weight excluding hydrogens is 186 g/mol. The highest BCUT2D eigenvalue weighted by Gasteiger charge is 2.02. The van der Waals surface area contributed by atoms with Gasteiger partial charge in [0.25, 0.3) is 6.26 Å². The van der Waals surface area contributed by atoms with Crippen LogP contribution in [0.1, 0.15) is 5.56 Å². The number of hydrogen-bond acceptors (Lipinski definition) is 3. The van der Waals surface area contributed by atoms with E-state index in [1.54, 1.807) is 12.1 Å². The molecule has 0 radical (unpaired) electrons. The third-order valence-electron chi connectivity index (χ3n) is 1.51. The second-order valence-corrected chi connectivity index (χ2v) is 3.91. The van der Waals surface area contributed by atoms with Crippen LogP contribution in [-0.4, -0.2) is 10.1 Å². The highest BCUT2D eigenvalue weighted by molar-refractivity contribution is 7.84. The molecule has 3 nitrogen and oxygen atoms in total. The maximum absolute atomic E-state index is 11.3. The fraction of sp³-hybridized carbons (Fsp3) is 0.222. The number of rotatable bonds is 3. The van der Waals surface area contributed by atoms with Crippen LogP contribution in [0.4, 0.5) is 0 Å². The topological polar surface area (TPSA) is 50.1 Å². The molecule has 68 valence electrons. The van der Waals surface area contributed by atoms with Gasteiger partial charge < -0.3 is 4.74 Å².